The third kappa shape index (κ3) is 2.72. The number of anilines is 1. The summed E-state index contributed by atoms with van der Waals surface area (Å²) in [6, 6.07) is 5.33. The summed E-state index contributed by atoms with van der Waals surface area (Å²) in [5.41, 5.74) is 1.57. The van der Waals surface area contributed by atoms with Crippen LogP contribution in [0.4, 0.5) is 14.5 Å². The molecule has 5 heteroatoms. The van der Waals surface area contributed by atoms with Gasteiger partial charge in [0.2, 0.25) is 0 Å². The number of benzene rings is 1. The minimum absolute atomic E-state index is 0.183. The molecule has 1 aliphatic heterocycles. The van der Waals surface area contributed by atoms with E-state index in [0.717, 1.165) is 5.56 Å². The summed E-state index contributed by atoms with van der Waals surface area (Å²) in [5, 5.41) is 9.26. The average molecular weight is 257 g/mol. The summed E-state index contributed by atoms with van der Waals surface area (Å²) in [6.45, 7) is 2.07. The van der Waals surface area contributed by atoms with Crippen LogP contribution in [0.15, 0.2) is 18.2 Å². The number of halogens is 2. The molecule has 0 radical (unpaired) electrons. The van der Waals surface area contributed by atoms with E-state index in [2.05, 4.69) is 4.74 Å². The SMILES string of the molecule is CC(C)c1ccc(N2CC(O)C2)c(OC(F)F)c1. The highest BCUT2D eigenvalue weighted by Gasteiger charge is 2.27. The summed E-state index contributed by atoms with van der Waals surface area (Å²) < 4.78 is 29.4. The van der Waals surface area contributed by atoms with Crippen molar-refractivity contribution < 1.29 is 18.6 Å². The topological polar surface area (TPSA) is 32.7 Å². The minimum Gasteiger partial charge on any atom is -0.433 e. The van der Waals surface area contributed by atoms with Crippen LogP contribution in [0.2, 0.25) is 0 Å². The lowest BCUT2D eigenvalue weighted by atomic mass is 10.0. The number of aliphatic hydroxyl groups is 1. The van der Waals surface area contributed by atoms with Crippen molar-refractivity contribution in [3.05, 3.63) is 23.8 Å². The fourth-order valence-electron chi connectivity index (χ4n) is 1.99. The molecule has 1 N–H and O–H groups in total. The Hall–Kier alpha value is -1.36. The van der Waals surface area contributed by atoms with E-state index < -0.39 is 6.61 Å². The largest absolute Gasteiger partial charge is 0.433 e. The Kier molecular flexibility index (Phi) is 3.71. The molecule has 100 valence electrons. The standard InChI is InChI=1S/C13H17F2NO2/c1-8(2)9-3-4-11(16-6-10(17)7-16)12(5-9)18-13(14)15/h3-5,8,10,13,17H,6-7H2,1-2H3. The number of hydrogen-bond acceptors (Lipinski definition) is 3. The maximum atomic E-state index is 12.4. The monoisotopic (exact) mass is 257 g/mol. The molecule has 1 saturated heterocycles. The summed E-state index contributed by atoms with van der Waals surface area (Å²) in [5.74, 6) is 0.434. The van der Waals surface area contributed by atoms with Crippen molar-refractivity contribution in [2.45, 2.75) is 32.5 Å². The lowest BCUT2D eigenvalue weighted by Gasteiger charge is -2.38. The van der Waals surface area contributed by atoms with Gasteiger partial charge in [-0.15, -0.1) is 0 Å². The van der Waals surface area contributed by atoms with E-state index in [1.807, 2.05) is 24.8 Å². The molecular formula is C13H17F2NO2. The van der Waals surface area contributed by atoms with Crippen molar-refractivity contribution in [1.82, 2.24) is 0 Å². The van der Waals surface area contributed by atoms with Gasteiger partial charge in [-0.25, -0.2) is 0 Å². The van der Waals surface area contributed by atoms with Crippen molar-refractivity contribution >= 4 is 5.69 Å². The van der Waals surface area contributed by atoms with E-state index in [-0.39, 0.29) is 17.8 Å². The van der Waals surface area contributed by atoms with Crippen LogP contribution in [0.5, 0.6) is 5.75 Å². The van der Waals surface area contributed by atoms with E-state index in [4.69, 9.17) is 0 Å². The molecule has 0 spiro atoms. The second-order valence-corrected chi connectivity index (χ2v) is 4.82. The number of ether oxygens (including phenoxy) is 1. The Bertz CT molecular complexity index is 417. The van der Waals surface area contributed by atoms with Gasteiger partial charge in [-0.05, 0) is 23.6 Å². The van der Waals surface area contributed by atoms with Crippen molar-refractivity contribution in [2.75, 3.05) is 18.0 Å². The van der Waals surface area contributed by atoms with Gasteiger partial charge in [-0.1, -0.05) is 19.9 Å². The molecule has 18 heavy (non-hydrogen) atoms. The predicted molar refractivity (Wildman–Crippen MR) is 65.4 cm³/mol. The zero-order valence-corrected chi connectivity index (χ0v) is 10.4. The van der Waals surface area contributed by atoms with Crippen molar-refractivity contribution in [2.24, 2.45) is 0 Å². The van der Waals surface area contributed by atoms with Crippen LogP contribution in [0.1, 0.15) is 25.3 Å². The van der Waals surface area contributed by atoms with Crippen LogP contribution in [0, 0.1) is 0 Å². The molecule has 1 aliphatic rings. The molecule has 0 bridgehead atoms. The van der Waals surface area contributed by atoms with E-state index in [1.54, 1.807) is 12.1 Å². The van der Waals surface area contributed by atoms with Crippen molar-refractivity contribution in [3.63, 3.8) is 0 Å². The molecule has 3 nitrogen and oxygen atoms in total. The van der Waals surface area contributed by atoms with Gasteiger partial charge in [-0.2, -0.15) is 8.78 Å². The molecule has 2 rings (SSSR count). The van der Waals surface area contributed by atoms with Crippen LogP contribution < -0.4 is 9.64 Å². The smallest absolute Gasteiger partial charge is 0.387 e. The molecule has 1 fully saturated rings. The van der Waals surface area contributed by atoms with Gasteiger partial charge in [0.25, 0.3) is 0 Å². The zero-order chi connectivity index (χ0) is 13.3. The Labute approximate surface area is 105 Å². The summed E-state index contributed by atoms with van der Waals surface area (Å²) >= 11 is 0. The summed E-state index contributed by atoms with van der Waals surface area (Å²) in [4.78, 5) is 1.83. The first-order valence-corrected chi connectivity index (χ1v) is 5.99. The molecule has 1 aromatic rings. The first-order valence-electron chi connectivity index (χ1n) is 5.99. The second-order valence-electron chi connectivity index (χ2n) is 4.82. The quantitative estimate of drug-likeness (QED) is 0.900. The van der Waals surface area contributed by atoms with Crippen molar-refractivity contribution in [1.29, 1.82) is 0 Å². The maximum Gasteiger partial charge on any atom is 0.387 e. The minimum atomic E-state index is -2.84. The van der Waals surface area contributed by atoms with E-state index in [1.165, 1.54) is 0 Å². The van der Waals surface area contributed by atoms with Crippen LogP contribution >= 0.6 is 0 Å². The molecule has 0 atom stereocenters. The normalized spacial score (nSPS) is 16.3. The van der Waals surface area contributed by atoms with Gasteiger partial charge in [0, 0.05) is 13.1 Å². The van der Waals surface area contributed by atoms with Crippen LogP contribution in [-0.2, 0) is 0 Å². The van der Waals surface area contributed by atoms with Crippen LogP contribution in [0.25, 0.3) is 0 Å². The second kappa shape index (κ2) is 5.10. The van der Waals surface area contributed by atoms with Gasteiger partial charge >= 0.3 is 6.61 Å². The lowest BCUT2D eigenvalue weighted by Crippen LogP contribution is -2.51. The fourth-order valence-corrected chi connectivity index (χ4v) is 1.99. The van der Waals surface area contributed by atoms with Crippen molar-refractivity contribution in [3.8, 4) is 5.75 Å². The Morgan fingerprint density at radius 3 is 2.50 bits per heavy atom. The molecule has 1 aromatic carbocycles. The zero-order valence-electron chi connectivity index (χ0n) is 10.4. The van der Waals surface area contributed by atoms with Gasteiger partial charge in [-0.3, -0.25) is 0 Å². The Morgan fingerprint density at radius 1 is 1.33 bits per heavy atom. The highest BCUT2D eigenvalue weighted by atomic mass is 19.3. The lowest BCUT2D eigenvalue weighted by molar-refractivity contribution is -0.0497. The van der Waals surface area contributed by atoms with E-state index in [9.17, 15) is 13.9 Å². The summed E-state index contributed by atoms with van der Waals surface area (Å²) in [7, 11) is 0. The predicted octanol–water partition coefficient (Wildman–Crippen LogP) is 2.59. The molecule has 0 amide bonds. The Morgan fingerprint density at radius 2 is 2.00 bits per heavy atom. The van der Waals surface area contributed by atoms with Gasteiger partial charge < -0.3 is 14.7 Å². The number of nitrogens with zero attached hydrogens (tertiary/aromatic N) is 1. The van der Waals surface area contributed by atoms with E-state index >= 15 is 0 Å². The molecule has 0 aromatic heterocycles. The number of aliphatic hydroxyl groups excluding tert-OH is 1. The summed E-state index contributed by atoms with van der Waals surface area (Å²) in [6.07, 6.45) is -0.380. The van der Waals surface area contributed by atoms with E-state index in [0.29, 0.717) is 18.8 Å². The Balaban J connectivity index is 2.26. The molecule has 0 unspecified atom stereocenters. The molecule has 0 aliphatic carbocycles. The highest BCUT2D eigenvalue weighted by molar-refractivity contribution is 5.61. The molecule has 0 saturated carbocycles. The number of hydrogen-bond donors (Lipinski definition) is 1. The average Bonchev–Trinajstić information content (AvgIpc) is 2.24. The first-order chi connectivity index (χ1) is 8.47. The highest BCUT2D eigenvalue weighted by Crippen LogP contribution is 2.35. The van der Waals surface area contributed by atoms with Gasteiger partial charge in [0.1, 0.15) is 5.75 Å². The number of β-amino-alcohol motifs (C(OH)–C–C–N with tert-alkyl or cyclic N) is 1. The molecule has 1 heterocycles. The maximum absolute atomic E-state index is 12.4. The third-order valence-corrected chi connectivity index (χ3v) is 3.07. The van der Waals surface area contributed by atoms with Crippen LogP contribution in [0.3, 0.4) is 0 Å². The van der Waals surface area contributed by atoms with Gasteiger partial charge in [0.15, 0.2) is 0 Å². The molecular weight excluding hydrogens is 240 g/mol. The fraction of sp³-hybridized carbons (Fsp3) is 0.538. The number of alkyl halides is 2. The number of rotatable bonds is 4. The first kappa shape index (κ1) is 13.1. The van der Waals surface area contributed by atoms with Crippen LogP contribution in [-0.4, -0.2) is 30.9 Å². The third-order valence-electron chi connectivity index (χ3n) is 3.07. The van der Waals surface area contributed by atoms with Gasteiger partial charge in [0.05, 0.1) is 11.8 Å².